The minimum absolute atomic E-state index is 0.0568. The minimum atomic E-state index is -1.29. The molecule has 1 aromatic carbocycles. The second kappa shape index (κ2) is 8.55. The number of nitrogens with two attached hydrogens (primary N) is 1. The van der Waals surface area contributed by atoms with Gasteiger partial charge in [-0.15, -0.1) is 0 Å². The second-order valence-electron chi connectivity index (χ2n) is 6.71. The number of nitriles is 1. The van der Waals surface area contributed by atoms with E-state index in [9.17, 15) is 15.3 Å². The van der Waals surface area contributed by atoms with Crippen molar-refractivity contribution in [3.63, 3.8) is 0 Å². The summed E-state index contributed by atoms with van der Waals surface area (Å²) in [4.78, 5) is 12.6. The summed E-state index contributed by atoms with van der Waals surface area (Å²) < 4.78 is 12.4. The summed E-state index contributed by atoms with van der Waals surface area (Å²) in [5.41, 5.74) is 7.04. The van der Waals surface area contributed by atoms with Crippen molar-refractivity contribution in [3.05, 3.63) is 42.0 Å². The molecule has 11 nitrogen and oxygen atoms in total. The summed E-state index contributed by atoms with van der Waals surface area (Å²) in [7, 11) is 0. The highest BCUT2D eigenvalue weighted by Crippen LogP contribution is 2.31. The number of benzene rings is 1. The van der Waals surface area contributed by atoms with Gasteiger partial charge < -0.3 is 30.5 Å². The van der Waals surface area contributed by atoms with Crippen molar-refractivity contribution in [2.75, 3.05) is 18.9 Å². The van der Waals surface area contributed by atoms with Crippen LogP contribution in [0.15, 0.2) is 30.6 Å². The molecule has 11 heteroatoms. The topological polar surface area (TPSA) is 173 Å². The molecule has 0 radical (unpaired) electrons. The molecule has 0 amide bonds. The van der Waals surface area contributed by atoms with Gasteiger partial charge in [0.1, 0.15) is 36.2 Å². The number of ether oxygens (including phenoxy) is 2. The molecule has 1 fully saturated rings. The zero-order valence-electron chi connectivity index (χ0n) is 16.1. The first-order valence-corrected chi connectivity index (χ1v) is 9.26. The molecular weight excluding hydrogens is 404 g/mol. The van der Waals surface area contributed by atoms with Crippen molar-refractivity contribution in [3.8, 4) is 23.7 Å². The van der Waals surface area contributed by atoms with E-state index in [0.29, 0.717) is 11.3 Å². The molecule has 0 bridgehead atoms. The molecule has 3 aromatic rings. The normalized spacial score (nSPS) is 22.6. The molecule has 3 heterocycles. The highest BCUT2D eigenvalue weighted by atomic mass is 16.6. The molecule has 4 atom stereocenters. The number of rotatable bonds is 4. The van der Waals surface area contributed by atoms with Gasteiger partial charge in [0.25, 0.3) is 0 Å². The van der Waals surface area contributed by atoms with Gasteiger partial charge in [-0.25, -0.2) is 15.0 Å². The lowest BCUT2D eigenvalue weighted by Crippen LogP contribution is -2.33. The van der Waals surface area contributed by atoms with E-state index in [0.717, 1.165) is 0 Å². The Balaban J connectivity index is 1.54. The van der Waals surface area contributed by atoms with Crippen molar-refractivity contribution >= 4 is 17.0 Å². The summed E-state index contributed by atoms with van der Waals surface area (Å²) >= 11 is 0. The van der Waals surface area contributed by atoms with E-state index in [1.807, 2.05) is 6.07 Å². The van der Waals surface area contributed by atoms with Crippen LogP contribution in [0, 0.1) is 23.2 Å². The van der Waals surface area contributed by atoms with E-state index in [4.69, 9.17) is 20.5 Å². The summed E-state index contributed by atoms with van der Waals surface area (Å²) in [6.45, 7) is -0.393. The van der Waals surface area contributed by atoms with Gasteiger partial charge in [0.15, 0.2) is 17.7 Å². The number of fused-ring (bicyclic) bond motifs is 1. The number of aromatic nitrogens is 4. The summed E-state index contributed by atoms with van der Waals surface area (Å²) in [5, 5.41) is 38.4. The number of hydrogen-bond acceptors (Lipinski definition) is 10. The SMILES string of the molecule is N#Cc1ccc(OCC#Cc2nc(N)c3ncn([C@@H]4O[C@H](CO)[C@@H](O)[C@@H]4O)c3n2)cc1. The van der Waals surface area contributed by atoms with Crippen LogP contribution in [-0.4, -0.2) is 66.4 Å². The zero-order valence-corrected chi connectivity index (χ0v) is 16.1. The van der Waals surface area contributed by atoms with E-state index in [1.165, 1.54) is 10.9 Å². The Morgan fingerprint density at radius 1 is 1.19 bits per heavy atom. The Morgan fingerprint density at radius 2 is 1.97 bits per heavy atom. The molecule has 4 rings (SSSR count). The van der Waals surface area contributed by atoms with Crippen molar-refractivity contribution in [2.45, 2.75) is 24.5 Å². The van der Waals surface area contributed by atoms with E-state index in [1.54, 1.807) is 24.3 Å². The molecule has 5 N–H and O–H groups in total. The van der Waals surface area contributed by atoms with Crippen LogP contribution >= 0.6 is 0 Å². The third-order valence-corrected chi connectivity index (χ3v) is 4.73. The molecule has 158 valence electrons. The summed E-state index contributed by atoms with van der Waals surface area (Å²) in [5.74, 6) is 6.30. The fourth-order valence-electron chi connectivity index (χ4n) is 3.15. The van der Waals surface area contributed by atoms with Gasteiger partial charge in [-0.05, 0) is 30.2 Å². The Morgan fingerprint density at radius 3 is 2.65 bits per heavy atom. The standard InChI is InChI=1S/C20H18N6O5/c21-8-11-3-5-12(6-4-11)30-7-1-2-14-24-18(22)15-19(25-14)26(10-23-15)20-17(29)16(28)13(9-27)31-20/h3-6,10,13,16-17,20,27-29H,7,9H2,(H2,22,24,25)/t13-,16-,17+,20-/m1/s1. The maximum atomic E-state index is 10.3. The molecule has 0 aliphatic carbocycles. The summed E-state index contributed by atoms with van der Waals surface area (Å²) in [6, 6.07) is 8.64. The first kappa shape index (κ1) is 20.5. The number of anilines is 1. The van der Waals surface area contributed by atoms with Crippen LogP contribution in [0.1, 0.15) is 17.6 Å². The quantitative estimate of drug-likeness (QED) is 0.395. The van der Waals surface area contributed by atoms with Crippen LogP contribution in [0.3, 0.4) is 0 Å². The van der Waals surface area contributed by atoms with Gasteiger partial charge in [0, 0.05) is 0 Å². The molecule has 2 aromatic heterocycles. The van der Waals surface area contributed by atoms with Crippen LogP contribution in [0.5, 0.6) is 5.75 Å². The smallest absolute Gasteiger partial charge is 0.209 e. The molecular formula is C20H18N6O5. The lowest BCUT2D eigenvalue weighted by Gasteiger charge is -2.16. The van der Waals surface area contributed by atoms with Crippen LogP contribution in [-0.2, 0) is 4.74 Å². The minimum Gasteiger partial charge on any atom is -0.481 e. The van der Waals surface area contributed by atoms with Gasteiger partial charge >= 0.3 is 0 Å². The van der Waals surface area contributed by atoms with E-state index in [2.05, 4.69) is 26.8 Å². The lowest BCUT2D eigenvalue weighted by atomic mass is 10.1. The Labute approximate surface area is 176 Å². The lowest BCUT2D eigenvalue weighted by molar-refractivity contribution is -0.0511. The van der Waals surface area contributed by atoms with Crippen LogP contribution in [0.25, 0.3) is 11.2 Å². The average Bonchev–Trinajstić information content (AvgIpc) is 3.33. The number of imidazole rings is 1. The van der Waals surface area contributed by atoms with Crippen LogP contribution in [0.2, 0.25) is 0 Å². The molecule has 1 aliphatic heterocycles. The third kappa shape index (κ3) is 3.99. The summed E-state index contributed by atoms with van der Waals surface area (Å²) in [6.07, 6.45) is -3.13. The van der Waals surface area contributed by atoms with Gasteiger partial charge in [0.2, 0.25) is 5.82 Å². The zero-order chi connectivity index (χ0) is 22.0. The van der Waals surface area contributed by atoms with E-state index >= 15 is 0 Å². The monoisotopic (exact) mass is 422 g/mol. The first-order chi connectivity index (χ1) is 15.0. The number of aliphatic hydroxyl groups is 3. The van der Waals surface area contributed by atoms with E-state index in [-0.39, 0.29) is 29.4 Å². The number of nitrogen functional groups attached to an aromatic ring is 1. The van der Waals surface area contributed by atoms with E-state index < -0.39 is 31.1 Å². The van der Waals surface area contributed by atoms with Gasteiger partial charge in [-0.3, -0.25) is 4.57 Å². The Hall–Kier alpha value is -3.74. The van der Waals surface area contributed by atoms with Crippen molar-refractivity contribution < 1.29 is 24.8 Å². The molecule has 1 aliphatic rings. The predicted octanol–water partition coefficient (Wildman–Crippen LogP) is -0.678. The fourth-order valence-corrected chi connectivity index (χ4v) is 3.15. The van der Waals surface area contributed by atoms with Gasteiger partial charge in [0.05, 0.1) is 24.6 Å². The maximum absolute atomic E-state index is 10.3. The van der Waals surface area contributed by atoms with Crippen molar-refractivity contribution in [1.29, 1.82) is 5.26 Å². The van der Waals surface area contributed by atoms with Gasteiger partial charge in [-0.1, -0.05) is 5.92 Å². The fraction of sp³-hybridized carbons (Fsp3) is 0.300. The van der Waals surface area contributed by atoms with Crippen LogP contribution < -0.4 is 10.5 Å². The second-order valence-corrected chi connectivity index (χ2v) is 6.71. The molecule has 31 heavy (non-hydrogen) atoms. The number of hydrogen-bond donors (Lipinski definition) is 4. The predicted molar refractivity (Wildman–Crippen MR) is 106 cm³/mol. The van der Waals surface area contributed by atoms with Crippen molar-refractivity contribution in [1.82, 2.24) is 19.5 Å². The molecule has 0 spiro atoms. The third-order valence-electron chi connectivity index (χ3n) is 4.73. The maximum Gasteiger partial charge on any atom is 0.209 e. The highest BCUT2D eigenvalue weighted by Gasteiger charge is 2.44. The van der Waals surface area contributed by atoms with Gasteiger partial charge in [-0.2, -0.15) is 5.26 Å². The highest BCUT2D eigenvalue weighted by molar-refractivity contribution is 5.82. The molecule has 0 unspecified atom stereocenters. The van der Waals surface area contributed by atoms with Crippen LogP contribution in [0.4, 0.5) is 5.82 Å². The average molecular weight is 422 g/mol. The first-order valence-electron chi connectivity index (χ1n) is 9.26. The largest absolute Gasteiger partial charge is 0.481 e. The van der Waals surface area contributed by atoms with Crippen molar-refractivity contribution in [2.24, 2.45) is 0 Å². The number of aliphatic hydroxyl groups excluding tert-OH is 3. The molecule has 0 saturated carbocycles. The molecule has 1 saturated heterocycles. The Kier molecular flexibility index (Phi) is 5.66. The number of nitrogens with zero attached hydrogens (tertiary/aromatic N) is 5. The Bertz CT molecular complexity index is 1190.